The quantitative estimate of drug-likeness (QED) is 0.494. The van der Waals surface area contributed by atoms with Gasteiger partial charge in [0.15, 0.2) is 0 Å². The van der Waals surface area contributed by atoms with Crippen molar-refractivity contribution in [1.82, 2.24) is 4.98 Å². The van der Waals surface area contributed by atoms with Gasteiger partial charge >= 0.3 is 0 Å². The Labute approximate surface area is 103 Å². The van der Waals surface area contributed by atoms with E-state index < -0.39 is 0 Å². The number of rotatable bonds is 7. The SMILES string of the molecule is CCC(CC)N(CCO)c1ccnc(NN)c1. The van der Waals surface area contributed by atoms with Gasteiger partial charge in [0, 0.05) is 30.5 Å². The van der Waals surface area contributed by atoms with Crippen molar-refractivity contribution in [2.45, 2.75) is 32.7 Å². The van der Waals surface area contributed by atoms with Crippen LogP contribution in [0.2, 0.25) is 0 Å². The van der Waals surface area contributed by atoms with Crippen molar-refractivity contribution in [2.24, 2.45) is 5.84 Å². The lowest BCUT2D eigenvalue weighted by atomic mass is 10.1. The van der Waals surface area contributed by atoms with Crippen LogP contribution in [0.1, 0.15) is 26.7 Å². The van der Waals surface area contributed by atoms with Gasteiger partial charge in [0.2, 0.25) is 0 Å². The minimum atomic E-state index is 0.143. The average Bonchev–Trinajstić information content (AvgIpc) is 2.39. The number of anilines is 2. The number of aliphatic hydroxyl groups excluding tert-OH is 1. The van der Waals surface area contributed by atoms with Crippen molar-refractivity contribution in [2.75, 3.05) is 23.5 Å². The number of nitrogens with two attached hydrogens (primary N) is 1. The lowest BCUT2D eigenvalue weighted by Gasteiger charge is -2.32. The molecule has 0 fully saturated rings. The summed E-state index contributed by atoms with van der Waals surface area (Å²) in [4.78, 5) is 6.28. The van der Waals surface area contributed by atoms with E-state index in [4.69, 9.17) is 10.9 Å². The minimum Gasteiger partial charge on any atom is -0.395 e. The molecule has 4 N–H and O–H groups in total. The molecule has 96 valence electrons. The Kier molecular flexibility index (Phi) is 5.72. The molecular weight excluding hydrogens is 216 g/mol. The number of nitrogen functional groups attached to an aromatic ring is 1. The highest BCUT2D eigenvalue weighted by Crippen LogP contribution is 2.21. The van der Waals surface area contributed by atoms with E-state index in [0.717, 1.165) is 18.5 Å². The zero-order valence-corrected chi connectivity index (χ0v) is 10.6. The molecule has 5 nitrogen and oxygen atoms in total. The predicted molar refractivity (Wildman–Crippen MR) is 70.8 cm³/mol. The molecule has 0 radical (unpaired) electrons. The van der Waals surface area contributed by atoms with Crippen LogP contribution in [0.25, 0.3) is 0 Å². The van der Waals surface area contributed by atoms with E-state index >= 15 is 0 Å². The van der Waals surface area contributed by atoms with Crippen molar-refractivity contribution >= 4 is 11.5 Å². The molecule has 0 bridgehead atoms. The van der Waals surface area contributed by atoms with Gasteiger partial charge in [-0.3, -0.25) is 0 Å². The van der Waals surface area contributed by atoms with Crippen LogP contribution in [-0.2, 0) is 0 Å². The first kappa shape index (κ1) is 13.7. The summed E-state index contributed by atoms with van der Waals surface area (Å²) in [5.41, 5.74) is 3.58. The van der Waals surface area contributed by atoms with E-state index in [0.29, 0.717) is 18.4 Å². The molecule has 0 spiro atoms. The molecule has 0 aliphatic heterocycles. The van der Waals surface area contributed by atoms with E-state index in [1.165, 1.54) is 0 Å². The molecule has 1 rings (SSSR count). The Morgan fingerprint density at radius 3 is 2.71 bits per heavy atom. The first-order chi connectivity index (χ1) is 8.26. The second-order valence-corrected chi connectivity index (χ2v) is 3.93. The van der Waals surface area contributed by atoms with Crippen molar-refractivity contribution in [1.29, 1.82) is 0 Å². The highest BCUT2D eigenvalue weighted by Gasteiger charge is 2.15. The fourth-order valence-corrected chi connectivity index (χ4v) is 2.04. The summed E-state index contributed by atoms with van der Waals surface area (Å²) in [6.45, 7) is 5.08. The van der Waals surface area contributed by atoms with Gasteiger partial charge in [0.1, 0.15) is 5.82 Å². The van der Waals surface area contributed by atoms with Crippen LogP contribution in [0.15, 0.2) is 18.3 Å². The fraction of sp³-hybridized carbons (Fsp3) is 0.583. The summed E-state index contributed by atoms with van der Waals surface area (Å²) < 4.78 is 0. The zero-order chi connectivity index (χ0) is 12.7. The number of nitrogens with zero attached hydrogens (tertiary/aromatic N) is 2. The number of aliphatic hydroxyl groups is 1. The topological polar surface area (TPSA) is 74.4 Å². The highest BCUT2D eigenvalue weighted by molar-refractivity contribution is 5.54. The van der Waals surface area contributed by atoms with Gasteiger partial charge in [0.05, 0.1) is 6.61 Å². The first-order valence-corrected chi connectivity index (χ1v) is 6.06. The summed E-state index contributed by atoms with van der Waals surface area (Å²) in [5, 5.41) is 9.17. The standard InChI is InChI=1S/C12H22N4O/c1-3-10(4-2)16(7-8-17)11-5-6-14-12(9-11)15-13/h5-6,9-10,17H,3-4,7-8,13H2,1-2H3,(H,14,15). The van der Waals surface area contributed by atoms with Crippen molar-refractivity contribution in [3.8, 4) is 0 Å². The maximum absolute atomic E-state index is 9.17. The minimum absolute atomic E-state index is 0.143. The van der Waals surface area contributed by atoms with E-state index in [-0.39, 0.29) is 6.61 Å². The van der Waals surface area contributed by atoms with E-state index in [1.807, 2.05) is 12.1 Å². The van der Waals surface area contributed by atoms with Gasteiger partial charge in [-0.25, -0.2) is 10.8 Å². The molecule has 0 saturated carbocycles. The van der Waals surface area contributed by atoms with Crippen molar-refractivity contribution < 1.29 is 5.11 Å². The fourth-order valence-electron chi connectivity index (χ4n) is 2.04. The van der Waals surface area contributed by atoms with E-state index in [2.05, 4.69) is 29.2 Å². The van der Waals surface area contributed by atoms with Crippen LogP contribution >= 0.6 is 0 Å². The lowest BCUT2D eigenvalue weighted by molar-refractivity contribution is 0.296. The second-order valence-electron chi connectivity index (χ2n) is 3.93. The van der Waals surface area contributed by atoms with Gasteiger partial charge in [-0.15, -0.1) is 0 Å². The predicted octanol–water partition coefficient (Wildman–Crippen LogP) is 1.35. The van der Waals surface area contributed by atoms with Gasteiger partial charge in [-0.1, -0.05) is 13.8 Å². The maximum atomic E-state index is 9.17. The largest absolute Gasteiger partial charge is 0.395 e. The first-order valence-electron chi connectivity index (χ1n) is 6.06. The number of pyridine rings is 1. The molecule has 0 atom stereocenters. The lowest BCUT2D eigenvalue weighted by Crippen LogP contribution is -2.36. The van der Waals surface area contributed by atoms with Gasteiger partial charge < -0.3 is 15.4 Å². The molecule has 0 aromatic carbocycles. The molecule has 1 aromatic heterocycles. The van der Waals surface area contributed by atoms with Crippen LogP contribution in [0.3, 0.4) is 0 Å². The smallest absolute Gasteiger partial charge is 0.141 e. The molecule has 0 aliphatic rings. The molecule has 1 aromatic rings. The molecule has 1 heterocycles. The number of hydrazine groups is 1. The summed E-state index contributed by atoms with van der Waals surface area (Å²) >= 11 is 0. The van der Waals surface area contributed by atoms with E-state index in [9.17, 15) is 0 Å². The van der Waals surface area contributed by atoms with Gasteiger partial charge in [0.25, 0.3) is 0 Å². The second kappa shape index (κ2) is 7.09. The van der Waals surface area contributed by atoms with Crippen LogP contribution < -0.4 is 16.2 Å². The Hall–Kier alpha value is -1.33. The van der Waals surface area contributed by atoms with Crippen molar-refractivity contribution in [3.63, 3.8) is 0 Å². The van der Waals surface area contributed by atoms with Crippen LogP contribution in [0, 0.1) is 0 Å². The summed E-state index contributed by atoms with van der Waals surface area (Å²) in [6.07, 6.45) is 3.81. The normalized spacial score (nSPS) is 10.6. The van der Waals surface area contributed by atoms with Gasteiger partial charge in [-0.05, 0) is 18.9 Å². The van der Waals surface area contributed by atoms with Gasteiger partial charge in [-0.2, -0.15) is 0 Å². The third-order valence-electron chi connectivity index (χ3n) is 2.95. The zero-order valence-electron chi connectivity index (χ0n) is 10.6. The maximum Gasteiger partial charge on any atom is 0.141 e. The monoisotopic (exact) mass is 238 g/mol. The molecular formula is C12H22N4O. The molecule has 5 heteroatoms. The molecule has 0 saturated heterocycles. The summed E-state index contributed by atoms with van der Waals surface area (Å²) in [5.74, 6) is 5.99. The number of hydrogen-bond donors (Lipinski definition) is 3. The van der Waals surface area contributed by atoms with Crippen LogP contribution in [-0.4, -0.2) is 29.3 Å². The Morgan fingerprint density at radius 2 is 2.18 bits per heavy atom. The van der Waals surface area contributed by atoms with Crippen LogP contribution in [0.4, 0.5) is 11.5 Å². The molecule has 0 aliphatic carbocycles. The molecule has 0 unspecified atom stereocenters. The highest BCUT2D eigenvalue weighted by atomic mass is 16.3. The Bertz CT molecular complexity index is 328. The summed E-state index contributed by atoms with van der Waals surface area (Å²) in [7, 11) is 0. The number of hydrogen-bond acceptors (Lipinski definition) is 5. The third-order valence-corrected chi connectivity index (χ3v) is 2.95. The summed E-state index contributed by atoms with van der Waals surface area (Å²) in [6, 6.07) is 4.26. The Balaban J connectivity index is 2.94. The van der Waals surface area contributed by atoms with Crippen LogP contribution in [0.5, 0.6) is 0 Å². The molecule has 0 amide bonds. The Morgan fingerprint density at radius 1 is 1.47 bits per heavy atom. The molecule has 17 heavy (non-hydrogen) atoms. The number of aromatic nitrogens is 1. The average molecular weight is 238 g/mol. The number of nitrogens with one attached hydrogen (secondary N) is 1. The third kappa shape index (κ3) is 3.57. The van der Waals surface area contributed by atoms with Crippen molar-refractivity contribution in [3.05, 3.63) is 18.3 Å². The van der Waals surface area contributed by atoms with E-state index in [1.54, 1.807) is 6.20 Å².